The van der Waals surface area contributed by atoms with Crippen LogP contribution in [0.3, 0.4) is 0 Å². The van der Waals surface area contributed by atoms with Crippen molar-refractivity contribution in [2.45, 2.75) is 36.6 Å². The third-order valence-electron chi connectivity index (χ3n) is 2.26. The Hall–Kier alpha value is -0.0500. The van der Waals surface area contributed by atoms with Crippen molar-refractivity contribution in [3.8, 4) is 0 Å². The number of hydrogen-bond acceptors (Lipinski definition) is 2. The zero-order chi connectivity index (χ0) is 7.90. The fourth-order valence-electron chi connectivity index (χ4n) is 1.19. The molecule has 1 saturated carbocycles. The standard InChI is InChI=1S/C8H12BrNO/c1-2-6-5-11-7(10-6)8(9)3-4-8/h6H,2-5H2,1H3/t6-/m1/s1. The van der Waals surface area contributed by atoms with Gasteiger partial charge in [0.2, 0.25) is 5.90 Å². The van der Waals surface area contributed by atoms with Crippen LogP contribution in [0, 0.1) is 0 Å². The molecule has 0 spiro atoms. The summed E-state index contributed by atoms with van der Waals surface area (Å²) in [5.74, 6) is 0.948. The van der Waals surface area contributed by atoms with Gasteiger partial charge in [0.05, 0.1) is 6.04 Å². The molecule has 0 aromatic carbocycles. The van der Waals surface area contributed by atoms with Crippen molar-refractivity contribution in [2.75, 3.05) is 6.61 Å². The van der Waals surface area contributed by atoms with E-state index in [4.69, 9.17) is 4.74 Å². The fourth-order valence-corrected chi connectivity index (χ4v) is 1.61. The number of halogens is 1. The molecule has 62 valence electrons. The Balaban J connectivity index is 2.05. The maximum absolute atomic E-state index is 5.49. The fraction of sp³-hybridized carbons (Fsp3) is 0.875. The zero-order valence-electron chi connectivity index (χ0n) is 6.64. The highest BCUT2D eigenvalue weighted by atomic mass is 79.9. The molecule has 0 N–H and O–H groups in total. The van der Waals surface area contributed by atoms with Gasteiger partial charge in [0.15, 0.2) is 0 Å². The molecule has 2 aliphatic rings. The third kappa shape index (κ3) is 1.31. The first kappa shape index (κ1) is 7.59. The van der Waals surface area contributed by atoms with Crippen LogP contribution in [0.1, 0.15) is 26.2 Å². The Kier molecular flexibility index (Phi) is 1.71. The summed E-state index contributed by atoms with van der Waals surface area (Å²) < 4.78 is 5.64. The summed E-state index contributed by atoms with van der Waals surface area (Å²) in [4.78, 5) is 4.49. The lowest BCUT2D eigenvalue weighted by Crippen LogP contribution is -2.14. The minimum atomic E-state index is 0.150. The van der Waals surface area contributed by atoms with Gasteiger partial charge in [-0.3, -0.25) is 0 Å². The average molecular weight is 218 g/mol. The SMILES string of the molecule is CC[C@@H]1COC(C2(Br)CC2)=N1. The van der Waals surface area contributed by atoms with Gasteiger partial charge in [-0.15, -0.1) is 0 Å². The molecule has 0 saturated heterocycles. The lowest BCUT2D eigenvalue weighted by atomic mass is 10.3. The Morgan fingerprint density at radius 3 is 2.91 bits per heavy atom. The normalized spacial score (nSPS) is 32.9. The van der Waals surface area contributed by atoms with E-state index in [1.165, 1.54) is 12.8 Å². The van der Waals surface area contributed by atoms with Gasteiger partial charge in [0, 0.05) is 0 Å². The van der Waals surface area contributed by atoms with Gasteiger partial charge in [-0.25, -0.2) is 4.99 Å². The molecule has 1 aliphatic carbocycles. The summed E-state index contributed by atoms with van der Waals surface area (Å²) in [6, 6.07) is 0.417. The van der Waals surface area contributed by atoms with Gasteiger partial charge in [0.25, 0.3) is 0 Å². The Labute approximate surface area is 75.2 Å². The van der Waals surface area contributed by atoms with E-state index in [2.05, 4.69) is 27.8 Å². The molecule has 1 aliphatic heterocycles. The largest absolute Gasteiger partial charge is 0.478 e. The number of nitrogens with zero attached hydrogens (tertiary/aromatic N) is 1. The number of hydrogen-bond donors (Lipinski definition) is 0. The van der Waals surface area contributed by atoms with Crippen LogP contribution in [0.5, 0.6) is 0 Å². The molecular weight excluding hydrogens is 206 g/mol. The molecule has 0 aromatic heterocycles. The molecular formula is C8H12BrNO. The molecule has 0 aromatic rings. The molecule has 2 rings (SSSR count). The number of alkyl halides is 1. The van der Waals surface area contributed by atoms with Crippen LogP contribution in [-0.4, -0.2) is 22.9 Å². The van der Waals surface area contributed by atoms with Crippen LogP contribution >= 0.6 is 15.9 Å². The van der Waals surface area contributed by atoms with Gasteiger partial charge < -0.3 is 4.74 Å². The predicted octanol–water partition coefficient (Wildman–Crippen LogP) is 2.12. The predicted molar refractivity (Wildman–Crippen MR) is 48.4 cm³/mol. The van der Waals surface area contributed by atoms with Crippen molar-refractivity contribution in [2.24, 2.45) is 4.99 Å². The van der Waals surface area contributed by atoms with E-state index in [1.807, 2.05) is 0 Å². The van der Waals surface area contributed by atoms with Crippen LogP contribution in [0.4, 0.5) is 0 Å². The second-order valence-corrected chi connectivity index (χ2v) is 4.79. The van der Waals surface area contributed by atoms with Crippen LogP contribution in [0.2, 0.25) is 0 Å². The summed E-state index contributed by atoms with van der Waals surface area (Å²) in [5.41, 5.74) is 0. The summed E-state index contributed by atoms with van der Waals surface area (Å²) in [6.45, 7) is 2.94. The van der Waals surface area contributed by atoms with Crippen molar-refractivity contribution in [1.29, 1.82) is 0 Å². The van der Waals surface area contributed by atoms with Crippen molar-refractivity contribution in [3.05, 3.63) is 0 Å². The number of ether oxygens (including phenoxy) is 1. The second-order valence-electron chi connectivity index (χ2n) is 3.27. The van der Waals surface area contributed by atoms with Gasteiger partial charge in [-0.2, -0.15) is 0 Å². The van der Waals surface area contributed by atoms with E-state index in [-0.39, 0.29) is 4.32 Å². The molecule has 0 bridgehead atoms. The first-order valence-electron chi connectivity index (χ1n) is 4.14. The minimum absolute atomic E-state index is 0.150. The highest BCUT2D eigenvalue weighted by Gasteiger charge is 2.48. The van der Waals surface area contributed by atoms with Crippen molar-refractivity contribution >= 4 is 21.8 Å². The van der Waals surface area contributed by atoms with E-state index >= 15 is 0 Å². The van der Waals surface area contributed by atoms with E-state index in [0.717, 1.165) is 18.9 Å². The van der Waals surface area contributed by atoms with E-state index in [1.54, 1.807) is 0 Å². The number of rotatable bonds is 2. The van der Waals surface area contributed by atoms with Crippen molar-refractivity contribution < 1.29 is 4.74 Å². The first-order chi connectivity index (χ1) is 5.24. The highest BCUT2D eigenvalue weighted by Crippen LogP contribution is 2.47. The molecule has 2 nitrogen and oxygen atoms in total. The zero-order valence-corrected chi connectivity index (χ0v) is 8.23. The van der Waals surface area contributed by atoms with Gasteiger partial charge >= 0.3 is 0 Å². The Morgan fingerprint density at radius 1 is 1.73 bits per heavy atom. The van der Waals surface area contributed by atoms with Gasteiger partial charge in [-0.05, 0) is 19.3 Å². The first-order valence-corrected chi connectivity index (χ1v) is 4.94. The van der Waals surface area contributed by atoms with Gasteiger partial charge in [0.1, 0.15) is 10.9 Å². The summed E-state index contributed by atoms with van der Waals surface area (Å²) in [5, 5.41) is 0. The topological polar surface area (TPSA) is 21.6 Å². The van der Waals surface area contributed by atoms with Crippen LogP contribution in [0.25, 0.3) is 0 Å². The number of aliphatic imine (C=N–C) groups is 1. The molecule has 0 radical (unpaired) electrons. The molecule has 1 atom stereocenters. The lowest BCUT2D eigenvalue weighted by Gasteiger charge is -2.04. The third-order valence-corrected chi connectivity index (χ3v) is 3.39. The summed E-state index contributed by atoms with van der Waals surface area (Å²) >= 11 is 3.62. The van der Waals surface area contributed by atoms with Crippen LogP contribution in [0.15, 0.2) is 4.99 Å². The Morgan fingerprint density at radius 2 is 2.45 bits per heavy atom. The van der Waals surface area contributed by atoms with E-state index in [0.29, 0.717) is 6.04 Å². The molecule has 1 fully saturated rings. The van der Waals surface area contributed by atoms with E-state index < -0.39 is 0 Å². The lowest BCUT2D eigenvalue weighted by molar-refractivity contribution is 0.308. The quantitative estimate of drug-likeness (QED) is 0.650. The maximum Gasteiger partial charge on any atom is 0.201 e. The molecule has 1 heterocycles. The van der Waals surface area contributed by atoms with Crippen molar-refractivity contribution in [3.63, 3.8) is 0 Å². The van der Waals surface area contributed by atoms with Crippen LogP contribution < -0.4 is 0 Å². The maximum atomic E-state index is 5.49. The monoisotopic (exact) mass is 217 g/mol. The molecule has 11 heavy (non-hydrogen) atoms. The van der Waals surface area contributed by atoms with Crippen LogP contribution in [-0.2, 0) is 4.74 Å². The Bertz CT molecular complexity index is 198. The smallest absolute Gasteiger partial charge is 0.201 e. The summed E-state index contributed by atoms with van der Waals surface area (Å²) in [6.07, 6.45) is 3.46. The molecule has 0 amide bonds. The molecule has 0 unspecified atom stereocenters. The highest BCUT2D eigenvalue weighted by molar-refractivity contribution is 9.10. The van der Waals surface area contributed by atoms with Gasteiger partial charge in [-0.1, -0.05) is 22.9 Å². The molecule has 3 heteroatoms. The summed E-state index contributed by atoms with van der Waals surface area (Å²) in [7, 11) is 0. The second kappa shape index (κ2) is 2.47. The average Bonchev–Trinajstić information content (AvgIpc) is 2.61. The van der Waals surface area contributed by atoms with E-state index in [9.17, 15) is 0 Å². The van der Waals surface area contributed by atoms with Crippen molar-refractivity contribution in [1.82, 2.24) is 0 Å². The minimum Gasteiger partial charge on any atom is -0.478 e.